The molecule has 0 aliphatic carbocycles. The van der Waals surface area contributed by atoms with Gasteiger partial charge in [-0.25, -0.2) is 4.39 Å². The Hall–Kier alpha value is -0.310. The van der Waals surface area contributed by atoms with Gasteiger partial charge in [-0.2, -0.15) is 0 Å². The molecule has 0 bridgehead atoms. The SMILES string of the molecule is Fc1ccc(Cl)c(CN2CCCCCC2CCl)c1. The van der Waals surface area contributed by atoms with E-state index in [2.05, 4.69) is 4.90 Å². The van der Waals surface area contributed by atoms with Crippen LogP contribution in [0.25, 0.3) is 0 Å². The maximum absolute atomic E-state index is 13.3. The summed E-state index contributed by atoms with van der Waals surface area (Å²) in [4.78, 5) is 2.33. The summed E-state index contributed by atoms with van der Waals surface area (Å²) in [6, 6.07) is 4.93. The minimum absolute atomic E-state index is 0.230. The molecule has 0 spiro atoms. The predicted octanol–water partition coefficient (Wildman–Crippen LogP) is 4.46. The van der Waals surface area contributed by atoms with Crippen molar-refractivity contribution in [3.8, 4) is 0 Å². The molecule has 1 aromatic rings. The second-order valence-electron chi connectivity index (χ2n) is 4.86. The highest BCUT2D eigenvalue weighted by atomic mass is 35.5. The van der Waals surface area contributed by atoms with Crippen LogP contribution < -0.4 is 0 Å². The number of likely N-dealkylation sites (tertiary alicyclic amines) is 1. The molecule has 0 amide bonds. The quantitative estimate of drug-likeness (QED) is 0.743. The second-order valence-corrected chi connectivity index (χ2v) is 5.58. The average molecular weight is 290 g/mol. The van der Waals surface area contributed by atoms with Gasteiger partial charge in [-0.05, 0) is 43.1 Å². The predicted molar refractivity (Wildman–Crippen MR) is 74.8 cm³/mol. The third-order valence-electron chi connectivity index (χ3n) is 3.56. The smallest absolute Gasteiger partial charge is 0.123 e. The number of benzene rings is 1. The van der Waals surface area contributed by atoms with E-state index in [4.69, 9.17) is 23.2 Å². The Kier molecular flexibility index (Phi) is 5.28. The molecule has 1 aliphatic heterocycles. The van der Waals surface area contributed by atoms with Crippen molar-refractivity contribution < 1.29 is 4.39 Å². The van der Waals surface area contributed by atoms with E-state index >= 15 is 0 Å². The Bertz CT molecular complexity index is 397. The molecule has 2 rings (SSSR count). The monoisotopic (exact) mass is 289 g/mol. The molecule has 1 atom stereocenters. The molecule has 0 radical (unpaired) electrons. The summed E-state index contributed by atoms with van der Waals surface area (Å²) in [6.45, 7) is 1.71. The van der Waals surface area contributed by atoms with Crippen LogP contribution in [-0.2, 0) is 6.54 Å². The number of rotatable bonds is 3. The molecule has 4 heteroatoms. The minimum atomic E-state index is -0.230. The Morgan fingerprint density at radius 3 is 2.89 bits per heavy atom. The lowest BCUT2D eigenvalue weighted by molar-refractivity contribution is 0.207. The Morgan fingerprint density at radius 1 is 1.28 bits per heavy atom. The van der Waals surface area contributed by atoms with E-state index in [9.17, 15) is 4.39 Å². The summed E-state index contributed by atoms with van der Waals surface area (Å²) in [5.74, 6) is 0.402. The van der Waals surface area contributed by atoms with E-state index in [1.165, 1.54) is 31.4 Å². The maximum Gasteiger partial charge on any atom is 0.123 e. The molecule has 0 aromatic heterocycles. The van der Waals surface area contributed by atoms with Crippen molar-refractivity contribution in [3.63, 3.8) is 0 Å². The first-order valence-electron chi connectivity index (χ1n) is 6.44. The first-order chi connectivity index (χ1) is 8.70. The van der Waals surface area contributed by atoms with Gasteiger partial charge in [0.15, 0.2) is 0 Å². The molecular formula is C14H18Cl2FN. The van der Waals surface area contributed by atoms with Gasteiger partial charge >= 0.3 is 0 Å². The van der Waals surface area contributed by atoms with Crippen molar-refractivity contribution in [2.75, 3.05) is 12.4 Å². The fourth-order valence-corrected chi connectivity index (χ4v) is 3.03. The lowest BCUT2D eigenvalue weighted by atomic mass is 10.1. The summed E-state index contributed by atoms with van der Waals surface area (Å²) < 4.78 is 13.3. The van der Waals surface area contributed by atoms with Crippen LogP contribution in [0.3, 0.4) is 0 Å². The molecule has 100 valence electrons. The van der Waals surface area contributed by atoms with E-state index in [0.717, 1.165) is 18.5 Å². The van der Waals surface area contributed by atoms with Crippen molar-refractivity contribution in [2.24, 2.45) is 0 Å². The summed E-state index contributed by atoms with van der Waals surface area (Å²) >= 11 is 12.2. The Balaban J connectivity index is 2.12. The standard InChI is InChI=1S/C14H18Cl2FN/c15-9-13-4-2-1-3-7-18(13)10-11-8-12(17)5-6-14(11)16/h5-6,8,13H,1-4,7,9-10H2. The van der Waals surface area contributed by atoms with Gasteiger partial charge in [-0.3, -0.25) is 4.90 Å². The summed E-state index contributed by atoms with van der Waals surface area (Å²) in [5, 5.41) is 0.633. The Labute approximate surface area is 118 Å². The number of hydrogen-bond acceptors (Lipinski definition) is 1. The van der Waals surface area contributed by atoms with Crippen LogP contribution in [0.4, 0.5) is 4.39 Å². The molecule has 1 aliphatic rings. The van der Waals surface area contributed by atoms with Gasteiger partial charge in [0.25, 0.3) is 0 Å². The van der Waals surface area contributed by atoms with Crippen LogP contribution in [0.2, 0.25) is 5.02 Å². The van der Waals surface area contributed by atoms with Gasteiger partial charge in [0.05, 0.1) is 0 Å². The maximum atomic E-state index is 13.3. The molecule has 1 nitrogen and oxygen atoms in total. The normalized spacial score (nSPS) is 21.8. The molecule has 18 heavy (non-hydrogen) atoms. The van der Waals surface area contributed by atoms with Crippen LogP contribution in [0.5, 0.6) is 0 Å². The molecule has 1 fully saturated rings. The van der Waals surface area contributed by atoms with Crippen molar-refractivity contribution in [3.05, 3.63) is 34.6 Å². The fourth-order valence-electron chi connectivity index (χ4n) is 2.50. The van der Waals surface area contributed by atoms with E-state index in [0.29, 0.717) is 23.5 Å². The average Bonchev–Trinajstić information content (AvgIpc) is 2.59. The zero-order chi connectivity index (χ0) is 13.0. The third kappa shape index (κ3) is 3.59. The molecule has 1 heterocycles. The van der Waals surface area contributed by atoms with Crippen molar-refractivity contribution in [1.29, 1.82) is 0 Å². The molecular weight excluding hydrogens is 272 g/mol. The van der Waals surface area contributed by atoms with Crippen LogP contribution in [0.1, 0.15) is 31.2 Å². The molecule has 1 unspecified atom stereocenters. The third-order valence-corrected chi connectivity index (χ3v) is 4.28. The van der Waals surface area contributed by atoms with Gasteiger partial charge < -0.3 is 0 Å². The first-order valence-corrected chi connectivity index (χ1v) is 7.36. The largest absolute Gasteiger partial charge is 0.295 e. The van der Waals surface area contributed by atoms with Gasteiger partial charge in [0.2, 0.25) is 0 Å². The zero-order valence-electron chi connectivity index (χ0n) is 10.3. The highest BCUT2D eigenvalue weighted by Crippen LogP contribution is 2.24. The fraction of sp³-hybridized carbons (Fsp3) is 0.571. The number of alkyl halides is 1. The van der Waals surface area contributed by atoms with E-state index in [1.54, 1.807) is 6.07 Å². The van der Waals surface area contributed by atoms with Crippen LogP contribution in [0.15, 0.2) is 18.2 Å². The molecule has 1 aromatic carbocycles. The van der Waals surface area contributed by atoms with Crippen molar-refractivity contribution >= 4 is 23.2 Å². The number of hydrogen-bond donors (Lipinski definition) is 0. The first kappa shape index (κ1) is 14.1. The van der Waals surface area contributed by atoms with Crippen LogP contribution in [0, 0.1) is 5.82 Å². The van der Waals surface area contributed by atoms with Crippen molar-refractivity contribution in [1.82, 2.24) is 4.90 Å². The lowest BCUT2D eigenvalue weighted by Gasteiger charge is -2.28. The number of nitrogens with zero attached hydrogens (tertiary/aromatic N) is 1. The summed E-state index contributed by atoms with van der Waals surface area (Å²) in [6.07, 6.45) is 4.78. The topological polar surface area (TPSA) is 3.24 Å². The highest BCUT2D eigenvalue weighted by Gasteiger charge is 2.21. The van der Waals surface area contributed by atoms with E-state index in [1.807, 2.05) is 0 Å². The molecule has 0 N–H and O–H groups in total. The summed E-state index contributed by atoms with van der Waals surface area (Å²) in [5.41, 5.74) is 0.855. The van der Waals surface area contributed by atoms with E-state index < -0.39 is 0 Å². The highest BCUT2D eigenvalue weighted by molar-refractivity contribution is 6.31. The molecule has 0 saturated carbocycles. The summed E-state index contributed by atoms with van der Waals surface area (Å²) in [7, 11) is 0. The zero-order valence-corrected chi connectivity index (χ0v) is 11.9. The molecule has 1 saturated heterocycles. The van der Waals surface area contributed by atoms with Crippen LogP contribution >= 0.6 is 23.2 Å². The van der Waals surface area contributed by atoms with E-state index in [-0.39, 0.29) is 5.82 Å². The Morgan fingerprint density at radius 2 is 2.11 bits per heavy atom. The van der Waals surface area contributed by atoms with Gasteiger partial charge in [-0.15, -0.1) is 11.6 Å². The van der Waals surface area contributed by atoms with Gasteiger partial charge in [0, 0.05) is 23.5 Å². The lowest BCUT2D eigenvalue weighted by Crippen LogP contribution is -2.35. The second kappa shape index (κ2) is 6.74. The minimum Gasteiger partial charge on any atom is -0.295 e. The van der Waals surface area contributed by atoms with Gasteiger partial charge in [-0.1, -0.05) is 24.4 Å². The number of halogens is 3. The van der Waals surface area contributed by atoms with Gasteiger partial charge in [0.1, 0.15) is 5.82 Å². The van der Waals surface area contributed by atoms with Crippen molar-refractivity contribution in [2.45, 2.75) is 38.3 Å². The van der Waals surface area contributed by atoms with Crippen LogP contribution in [-0.4, -0.2) is 23.4 Å².